The monoisotopic (exact) mass is 420 g/mol. The van der Waals surface area contributed by atoms with Crippen LogP contribution in [-0.2, 0) is 4.74 Å². The molecule has 0 aliphatic carbocycles. The van der Waals surface area contributed by atoms with Crippen LogP contribution >= 0.6 is 0 Å². The van der Waals surface area contributed by atoms with Crippen LogP contribution in [0.4, 0.5) is 0 Å². The molecule has 30 heavy (non-hydrogen) atoms. The fraction of sp³-hybridized carbons (Fsp3) is 0.862. The zero-order valence-corrected chi connectivity index (χ0v) is 21.0. The topological polar surface area (TPSA) is 9.23 Å². The van der Waals surface area contributed by atoms with Gasteiger partial charge in [-0.15, -0.1) is 0 Å². The van der Waals surface area contributed by atoms with Crippen molar-refractivity contribution < 1.29 is 4.74 Å². The molecule has 0 aliphatic rings. The van der Waals surface area contributed by atoms with E-state index in [9.17, 15) is 0 Å². The second kappa shape index (κ2) is 28.4. The maximum atomic E-state index is 5.80. The summed E-state index contributed by atoms with van der Waals surface area (Å²) in [6.07, 6.45) is 37.7. The lowest BCUT2D eigenvalue weighted by atomic mass is 10.1. The number of allylic oxidation sites excluding steroid dienone is 4. The Morgan fingerprint density at radius 1 is 0.400 bits per heavy atom. The molecule has 0 N–H and O–H groups in total. The van der Waals surface area contributed by atoms with Crippen LogP contribution in [0.1, 0.15) is 149 Å². The fourth-order valence-corrected chi connectivity index (χ4v) is 3.81. The van der Waals surface area contributed by atoms with Gasteiger partial charge in [-0.05, 0) is 44.9 Å². The van der Waals surface area contributed by atoms with Gasteiger partial charge in [0.2, 0.25) is 0 Å². The van der Waals surface area contributed by atoms with Crippen LogP contribution in [0.5, 0.6) is 0 Å². The number of rotatable bonds is 25. The molecule has 0 saturated heterocycles. The van der Waals surface area contributed by atoms with E-state index in [0.29, 0.717) is 0 Å². The van der Waals surface area contributed by atoms with Crippen LogP contribution in [0.25, 0.3) is 0 Å². The molecule has 1 heteroatoms. The lowest BCUT2D eigenvalue weighted by Crippen LogP contribution is -1.97. The maximum Gasteiger partial charge on any atom is 0.0466 e. The molecule has 0 rings (SSSR count). The van der Waals surface area contributed by atoms with Crippen molar-refractivity contribution in [3.05, 3.63) is 24.3 Å². The zero-order chi connectivity index (χ0) is 21.8. The summed E-state index contributed by atoms with van der Waals surface area (Å²) in [6, 6.07) is 0. The predicted octanol–water partition coefficient (Wildman–Crippen LogP) is 10.3. The van der Waals surface area contributed by atoms with Crippen molar-refractivity contribution in [3.8, 4) is 0 Å². The molecule has 0 unspecified atom stereocenters. The average Bonchev–Trinajstić information content (AvgIpc) is 2.76. The Morgan fingerprint density at radius 3 is 1.27 bits per heavy atom. The molecule has 0 amide bonds. The van der Waals surface area contributed by atoms with E-state index in [1.54, 1.807) is 0 Å². The Bertz CT molecular complexity index is 344. The third kappa shape index (κ3) is 27.4. The van der Waals surface area contributed by atoms with Crippen molar-refractivity contribution >= 4 is 0 Å². The number of ether oxygens (including phenoxy) is 1. The van der Waals surface area contributed by atoms with Crippen LogP contribution in [0.15, 0.2) is 24.3 Å². The Balaban J connectivity index is 3.08. The van der Waals surface area contributed by atoms with Gasteiger partial charge >= 0.3 is 0 Å². The first-order valence-corrected chi connectivity index (χ1v) is 13.8. The van der Waals surface area contributed by atoms with Crippen molar-refractivity contribution in [2.75, 3.05) is 13.2 Å². The molecule has 0 radical (unpaired) electrons. The zero-order valence-electron chi connectivity index (χ0n) is 21.0. The summed E-state index contributed by atoms with van der Waals surface area (Å²) < 4.78 is 5.80. The minimum atomic E-state index is 0.978. The highest BCUT2D eigenvalue weighted by Crippen LogP contribution is 2.10. The van der Waals surface area contributed by atoms with E-state index in [2.05, 4.69) is 38.2 Å². The first kappa shape index (κ1) is 29.4. The van der Waals surface area contributed by atoms with Gasteiger partial charge in [0.25, 0.3) is 0 Å². The summed E-state index contributed by atoms with van der Waals surface area (Å²) >= 11 is 0. The molecule has 0 fully saturated rings. The normalized spacial score (nSPS) is 11.9. The molecule has 0 aliphatic heterocycles. The van der Waals surface area contributed by atoms with Crippen LogP contribution in [0.3, 0.4) is 0 Å². The lowest BCUT2D eigenvalue weighted by molar-refractivity contribution is 0.125. The van der Waals surface area contributed by atoms with Gasteiger partial charge in [-0.3, -0.25) is 0 Å². The number of hydrogen-bond acceptors (Lipinski definition) is 1. The van der Waals surface area contributed by atoms with Gasteiger partial charge in [0.05, 0.1) is 0 Å². The third-order valence-corrected chi connectivity index (χ3v) is 5.88. The van der Waals surface area contributed by atoms with Crippen LogP contribution in [-0.4, -0.2) is 13.2 Å². The van der Waals surface area contributed by atoms with E-state index in [1.165, 1.54) is 128 Å². The van der Waals surface area contributed by atoms with E-state index in [-0.39, 0.29) is 0 Å². The van der Waals surface area contributed by atoms with Crippen molar-refractivity contribution in [2.24, 2.45) is 0 Å². The van der Waals surface area contributed by atoms with E-state index < -0.39 is 0 Å². The smallest absolute Gasteiger partial charge is 0.0466 e. The second-order valence-electron chi connectivity index (χ2n) is 9.03. The standard InChI is InChI=1S/C29H56O/c1-3-5-7-9-11-13-14-15-16-17-18-19-21-23-25-27-29-30-28-26-24-22-20-12-10-8-6-4-2/h11,13,15-16H,3-10,12,14,17-29H2,1-2H3/b13-11-,16-15-. The molecule has 0 saturated carbocycles. The van der Waals surface area contributed by atoms with Gasteiger partial charge < -0.3 is 4.74 Å². The summed E-state index contributed by atoms with van der Waals surface area (Å²) in [7, 11) is 0. The Morgan fingerprint density at radius 2 is 0.767 bits per heavy atom. The molecule has 0 aromatic carbocycles. The highest BCUT2D eigenvalue weighted by molar-refractivity contribution is 4.92. The molecule has 0 heterocycles. The summed E-state index contributed by atoms with van der Waals surface area (Å²) in [4.78, 5) is 0. The summed E-state index contributed by atoms with van der Waals surface area (Å²) in [5.74, 6) is 0. The van der Waals surface area contributed by atoms with Crippen LogP contribution < -0.4 is 0 Å². The van der Waals surface area contributed by atoms with Gasteiger partial charge in [-0.1, -0.05) is 128 Å². The van der Waals surface area contributed by atoms with Gasteiger partial charge in [0.1, 0.15) is 0 Å². The first-order chi connectivity index (χ1) is 14.9. The Labute approximate surface area is 191 Å². The van der Waals surface area contributed by atoms with Crippen molar-refractivity contribution in [3.63, 3.8) is 0 Å². The minimum absolute atomic E-state index is 0.978. The quantitative estimate of drug-likeness (QED) is 0.105. The van der Waals surface area contributed by atoms with Crippen molar-refractivity contribution in [1.29, 1.82) is 0 Å². The maximum absolute atomic E-state index is 5.80. The van der Waals surface area contributed by atoms with E-state index in [0.717, 1.165) is 19.6 Å². The highest BCUT2D eigenvalue weighted by Gasteiger charge is 1.94. The largest absolute Gasteiger partial charge is 0.381 e. The Kier molecular flexibility index (Phi) is 27.9. The average molecular weight is 421 g/mol. The molecule has 0 bridgehead atoms. The third-order valence-electron chi connectivity index (χ3n) is 5.88. The molecule has 0 spiro atoms. The molecule has 0 aromatic rings. The number of hydrogen-bond donors (Lipinski definition) is 0. The highest BCUT2D eigenvalue weighted by atomic mass is 16.5. The molecule has 0 atom stereocenters. The van der Waals surface area contributed by atoms with Crippen molar-refractivity contribution in [2.45, 2.75) is 149 Å². The minimum Gasteiger partial charge on any atom is -0.381 e. The van der Waals surface area contributed by atoms with Gasteiger partial charge in [-0.25, -0.2) is 0 Å². The SMILES string of the molecule is CCCCC/C=C\C/C=C\CCCCCCCCOCCCCCCCCCCC. The van der Waals surface area contributed by atoms with E-state index >= 15 is 0 Å². The van der Waals surface area contributed by atoms with Gasteiger partial charge in [0.15, 0.2) is 0 Å². The fourth-order valence-electron chi connectivity index (χ4n) is 3.81. The molecule has 178 valence electrons. The van der Waals surface area contributed by atoms with Crippen LogP contribution in [0.2, 0.25) is 0 Å². The summed E-state index contributed by atoms with van der Waals surface area (Å²) in [5, 5.41) is 0. The predicted molar refractivity (Wildman–Crippen MR) is 137 cm³/mol. The summed E-state index contributed by atoms with van der Waals surface area (Å²) in [5.41, 5.74) is 0. The van der Waals surface area contributed by atoms with Gasteiger partial charge in [0, 0.05) is 13.2 Å². The lowest BCUT2D eigenvalue weighted by Gasteiger charge is -2.05. The number of unbranched alkanes of at least 4 members (excludes halogenated alkanes) is 17. The van der Waals surface area contributed by atoms with E-state index in [1.807, 2.05) is 0 Å². The molecular formula is C29H56O. The van der Waals surface area contributed by atoms with E-state index in [4.69, 9.17) is 4.74 Å². The summed E-state index contributed by atoms with van der Waals surface area (Å²) in [6.45, 7) is 6.51. The molecular weight excluding hydrogens is 364 g/mol. The molecule has 1 nitrogen and oxygen atoms in total. The van der Waals surface area contributed by atoms with Gasteiger partial charge in [-0.2, -0.15) is 0 Å². The first-order valence-electron chi connectivity index (χ1n) is 13.8. The second-order valence-corrected chi connectivity index (χ2v) is 9.03. The Hall–Kier alpha value is -0.560. The van der Waals surface area contributed by atoms with Crippen molar-refractivity contribution in [1.82, 2.24) is 0 Å². The molecule has 0 aromatic heterocycles. The van der Waals surface area contributed by atoms with Crippen LogP contribution in [0, 0.1) is 0 Å².